The van der Waals surface area contributed by atoms with Crippen molar-refractivity contribution in [1.29, 1.82) is 0 Å². The van der Waals surface area contributed by atoms with Crippen molar-refractivity contribution in [3.05, 3.63) is 98.2 Å². The minimum Gasteiger partial charge on any atom is -0.322 e. The second kappa shape index (κ2) is 11.5. The molecule has 0 bridgehead atoms. The molecule has 0 unspecified atom stereocenters. The maximum absolute atomic E-state index is 13.7. The van der Waals surface area contributed by atoms with Gasteiger partial charge in [0.15, 0.2) is 0 Å². The Morgan fingerprint density at radius 3 is 2.48 bits per heavy atom. The molecule has 4 aromatic rings. The van der Waals surface area contributed by atoms with Crippen molar-refractivity contribution in [3.8, 4) is 5.00 Å². The second-order valence-electron chi connectivity index (χ2n) is 10.4. The first kappa shape index (κ1) is 27.4. The van der Waals surface area contributed by atoms with Crippen LogP contribution in [0.1, 0.15) is 67.3 Å². The molecule has 3 amide bonds. The van der Waals surface area contributed by atoms with Crippen molar-refractivity contribution >= 4 is 40.9 Å². The van der Waals surface area contributed by atoms with Gasteiger partial charge in [0.05, 0.1) is 11.8 Å². The van der Waals surface area contributed by atoms with Crippen LogP contribution in [0.25, 0.3) is 5.00 Å². The summed E-state index contributed by atoms with van der Waals surface area (Å²) in [4.78, 5) is 27.5. The molecule has 0 saturated carbocycles. The van der Waals surface area contributed by atoms with E-state index in [0.717, 1.165) is 81.3 Å². The number of aryl methyl sites for hydroxylation is 4. The topological polar surface area (TPSA) is 87.5 Å². The summed E-state index contributed by atoms with van der Waals surface area (Å²) in [6, 6.07) is 15.3. The van der Waals surface area contributed by atoms with E-state index < -0.39 is 6.03 Å². The average Bonchev–Trinajstić information content (AvgIpc) is 3.44. The predicted octanol–water partition coefficient (Wildman–Crippen LogP) is 7.37. The SMILES string of the molecule is Cc1ccc(NC(=O)c2c(-n3c(C)cc(/C=N/NC(=O)Nc4cccc(C)c4C)c3C)sc3c2CCCC3)cc1. The van der Waals surface area contributed by atoms with E-state index in [9.17, 15) is 9.59 Å². The predicted molar refractivity (Wildman–Crippen MR) is 165 cm³/mol. The van der Waals surface area contributed by atoms with Gasteiger partial charge in [0.1, 0.15) is 5.00 Å². The molecule has 0 fully saturated rings. The van der Waals surface area contributed by atoms with Crippen LogP contribution in [-0.4, -0.2) is 22.7 Å². The van der Waals surface area contributed by atoms with Gasteiger partial charge in [-0.05, 0) is 101 Å². The molecule has 0 saturated heterocycles. The highest BCUT2D eigenvalue weighted by molar-refractivity contribution is 7.15. The number of nitrogens with one attached hydrogen (secondary N) is 3. The van der Waals surface area contributed by atoms with Crippen LogP contribution in [-0.2, 0) is 12.8 Å². The van der Waals surface area contributed by atoms with Crippen molar-refractivity contribution in [2.75, 3.05) is 10.6 Å². The van der Waals surface area contributed by atoms with Gasteiger partial charge in [0.2, 0.25) is 0 Å². The maximum atomic E-state index is 13.7. The highest BCUT2D eigenvalue weighted by atomic mass is 32.1. The minimum atomic E-state index is -0.403. The number of hydrogen-bond acceptors (Lipinski definition) is 4. The van der Waals surface area contributed by atoms with Gasteiger partial charge in [-0.1, -0.05) is 29.8 Å². The lowest BCUT2D eigenvalue weighted by Crippen LogP contribution is -2.24. The van der Waals surface area contributed by atoms with E-state index in [1.165, 1.54) is 10.4 Å². The summed E-state index contributed by atoms with van der Waals surface area (Å²) in [5.74, 6) is -0.0780. The Labute approximate surface area is 239 Å². The van der Waals surface area contributed by atoms with E-state index in [1.807, 2.05) is 83.1 Å². The fourth-order valence-corrected chi connectivity index (χ4v) is 6.70. The molecule has 0 atom stereocenters. The Bertz CT molecular complexity index is 1610. The normalized spacial score (nSPS) is 12.8. The number of nitrogens with zero attached hydrogens (tertiary/aromatic N) is 2. The maximum Gasteiger partial charge on any atom is 0.339 e. The zero-order chi connectivity index (χ0) is 28.4. The summed E-state index contributed by atoms with van der Waals surface area (Å²) in [7, 11) is 0. The van der Waals surface area contributed by atoms with Crippen molar-refractivity contribution in [3.63, 3.8) is 0 Å². The van der Waals surface area contributed by atoms with E-state index in [0.29, 0.717) is 0 Å². The number of amides is 3. The molecule has 2 heterocycles. The number of carbonyl (C=O) groups is 2. The summed E-state index contributed by atoms with van der Waals surface area (Å²) in [6.45, 7) is 10.1. The average molecular weight is 554 g/mol. The van der Waals surface area contributed by atoms with Crippen LogP contribution in [0.5, 0.6) is 0 Å². The smallest absolute Gasteiger partial charge is 0.322 e. The molecule has 1 aliphatic carbocycles. The lowest BCUT2D eigenvalue weighted by molar-refractivity contribution is 0.102. The largest absolute Gasteiger partial charge is 0.339 e. The zero-order valence-electron chi connectivity index (χ0n) is 23.6. The molecule has 0 aliphatic heterocycles. The molecule has 7 nitrogen and oxygen atoms in total. The highest BCUT2D eigenvalue weighted by Crippen LogP contribution is 2.39. The number of fused-ring (bicyclic) bond motifs is 1. The summed E-state index contributed by atoms with van der Waals surface area (Å²) in [5, 5.41) is 11.1. The van der Waals surface area contributed by atoms with Crippen LogP contribution in [0, 0.1) is 34.6 Å². The number of thiophene rings is 1. The molecule has 8 heteroatoms. The van der Waals surface area contributed by atoms with Gasteiger partial charge in [-0.25, -0.2) is 10.2 Å². The van der Waals surface area contributed by atoms with E-state index in [4.69, 9.17) is 0 Å². The third kappa shape index (κ3) is 5.58. The number of urea groups is 1. The van der Waals surface area contributed by atoms with Gasteiger partial charge in [0.25, 0.3) is 5.91 Å². The Morgan fingerprint density at radius 1 is 0.950 bits per heavy atom. The van der Waals surface area contributed by atoms with E-state index in [1.54, 1.807) is 17.6 Å². The van der Waals surface area contributed by atoms with Gasteiger partial charge >= 0.3 is 6.03 Å². The first-order chi connectivity index (χ1) is 19.2. The molecule has 206 valence electrons. The second-order valence-corrected chi connectivity index (χ2v) is 11.5. The molecule has 0 radical (unpaired) electrons. The van der Waals surface area contributed by atoms with E-state index in [-0.39, 0.29) is 5.91 Å². The first-order valence-corrected chi connectivity index (χ1v) is 14.4. The molecule has 1 aliphatic rings. The van der Waals surface area contributed by atoms with Crippen LogP contribution >= 0.6 is 11.3 Å². The molecule has 0 spiro atoms. The van der Waals surface area contributed by atoms with Gasteiger partial charge in [-0.2, -0.15) is 5.10 Å². The Kier molecular flexibility index (Phi) is 7.89. The van der Waals surface area contributed by atoms with E-state index >= 15 is 0 Å². The monoisotopic (exact) mass is 553 g/mol. The summed E-state index contributed by atoms with van der Waals surface area (Å²) in [6.07, 6.45) is 5.79. The third-order valence-electron chi connectivity index (χ3n) is 7.59. The molecule has 2 aromatic heterocycles. The molecule has 2 aromatic carbocycles. The number of hydrogen-bond donors (Lipinski definition) is 3. The van der Waals surface area contributed by atoms with Crippen LogP contribution in [0.15, 0.2) is 53.6 Å². The van der Waals surface area contributed by atoms with Crippen LogP contribution < -0.4 is 16.1 Å². The lowest BCUT2D eigenvalue weighted by atomic mass is 9.95. The Hall–Kier alpha value is -4.17. The molecular formula is C32H35N5O2S. The van der Waals surface area contributed by atoms with Crippen LogP contribution in [0.2, 0.25) is 0 Å². The van der Waals surface area contributed by atoms with Gasteiger partial charge < -0.3 is 15.2 Å². The van der Waals surface area contributed by atoms with Crippen molar-refractivity contribution < 1.29 is 9.59 Å². The van der Waals surface area contributed by atoms with Gasteiger partial charge in [-0.15, -0.1) is 11.3 Å². The first-order valence-electron chi connectivity index (χ1n) is 13.6. The van der Waals surface area contributed by atoms with Gasteiger partial charge in [-0.3, -0.25) is 4.79 Å². The summed E-state index contributed by atoms with van der Waals surface area (Å²) in [5.41, 5.74) is 12.2. The molecular weight excluding hydrogens is 518 g/mol. The number of rotatable bonds is 6. The molecule has 5 rings (SSSR count). The standard InChI is InChI=1S/C32H35N5O2S/c1-19-13-15-25(16-14-19)34-30(38)29-26-10-6-7-12-28(26)40-31(29)37-21(3)17-24(23(37)5)18-33-36-32(39)35-27-11-8-9-20(2)22(27)4/h8-9,11,13-18H,6-7,10,12H2,1-5H3,(H,34,38)(H2,35,36,39)/b33-18+. The van der Waals surface area contributed by atoms with Crippen molar-refractivity contribution in [1.82, 2.24) is 9.99 Å². The molecule has 3 N–H and O–H groups in total. The molecule has 40 heavy (non-hydrogen) atoms. The van der Waals surface area contributed by atoms with Crippen LogP contribution in [0.3, 0.4) is 0 Å². The number of anilines is 2. The Morgan fingerprint density at radius 2 is 1.70 bits per heavy atom. The van der Waals surface area contributed by atoms with Crippen LogP contribution in [0.4, 0.5) is 16.2 Å². The minimum absolute atomic E-state index is 0.0780. The fourth-order valence-electron chi connectivity index (χ4n) is 5.20. The number of hydrazone groups is 1. The number of carbonyl (C=O) groups excluding carboxylic acids is 2. The summed E-state index contributed by atoms with van der Waals surface area (Å²) >= 11 is 1.71. The summed E-state index contributed by atoms with van der Waals surface area (Å²) < 4.78 is 2.14. The van der Waals surface area contributed by atoms with Crippen molar-refractivity contribution in [2.24, 2.45) is 5.10 Å². The quantitative estimate of drug-likeness (QED) is 0.172. The lowest BCUT2D eigenvalue weighted by Gasteiger charge is -2.14. The van der Waals surface area contributed by atoms with E-state index in [2.05, 4.69) is 25.7 Å². The fraction of sp³-hybridized carbons (Fsp3) is 0.281. The van der Waals surface area contributed by atoms with Crippen molar-refractivity contribution in [2.45, 2.75) is 60.3 Å². The Balaban J connectivity index is 1.40. The third-order valence-corrected chi connectivity index (χ3v) is 8.86. The number of aromatic nitrogens is 1. The van der Waals surface area contributed by atoms with Gasteiger partial charge in [0, 0.05) is 33.2 Å². The highest BCUT2D eigenvalue weighted by Gasteiger charge is 2.28. The number of benzene rings is 2. The zero-order valence-corrected chi connectivity index (χ0v) is 24.5.